The summed E-state index contributed by atoms with van der Waals surface area (Å²) >= 11 is 0. The minimum absolute atomic E-state index is 0.351. The smallest absolute Gasteiger partial charge is 0.330 e. The molecule has 0 aliphatic carbocycles. The molecule has 2 heterocycles. The van der Waals surface area contributed by atoms with Gasteiger partial charge in [0.25, 0.3) is 5.56 Å². The van der Waals surface area contributed by atoms with Crippen LogP contribution in [0.25, 0.3) is 0 Å². The first-order valence-electron chi connectivity index (χ1n) is 5.34. The van der Waals surface area contributed by atoms with Crippen molar-refractivity contribution in [2.24, 2.45) is 5.92 Å². The van der Waals surface area contributed by atoms with Crippen molar-refractivity contribution in [3.05, 3.63) is 33.1 Å². The monoisotopic (exact) mass is 262 g/mol. The van der Waals surface area contributed by atoms with Crippen LogP contribution in [0.15, 0.2) is 21.9 Å². The molecule has 2 N–H and O–H groups in total. The van der Waals surface area contributed by atoms with Crippen LogP contribution in [0.4, 0.5) is 8.78 Å². The van der Waals surface area contributed by atoms with Gasteiger partial charge in [0.15, 0.2) is 0 Å². The predicted octanol–water partition coefficient (Wildman–Crippen LogP) is -0.301. The number of halogens is 2. The molecule has 1 aromatic heterocycles. The SMILES string of the molecule is O=c1ccn(C2OC(F)(CO)CC2CF)c(=O)[nH]1. The molecule has 6 nitrogen and oxygen atoms in total. The van der Waals surface area contributed by atoms with Crippen molar-refractivity contribution in [2.75, 3.05) is 13.3 Å². The standard InChI is InChI=1S/C10H12F2N2O4/c11-4-6-3-10(12,5-15)18-8(6)14-2-1-7(16)13-9(14)17/h1-2,6,8,15H,3-5H2,(H,13,16,17). The molecule has 0 bridgehead atoms. The number of aromatic amines is 1. The van der Waals surface area contributed by atoms with Crippen LogP contribution in [0.3, 0.4) is 0 Å². The van der Waals surface area contributed by atoms with Crippen LogP contribution in [-0.2, 0) is 4.74 Å². The van der Waals surface area contributed by atoms with Gasteiger partial charge in [-0.05, 0) is 0 Å². The highest BCUT2D eigenvalue weighted by Crippen LogP contribution is 2.41. The molecule has 18 heavy (non-hydrogen) atoms. The normalized spacial score (nSPS) is 31.7. The lowest BCUT2D eigenvalue weighted by molar-refractivity contribution is -0.179. The van der Waals surface area contributed by atoms with Crippen LogP contribution in [0, 0.1) is 5.92 Å². The molecule has 1 aliphatic heterocycles. The highest BCUT2D eigenvalue weighted by atomic mass is 19.2. The van der Waals surface area contributed by atoms with E-state index >= 15 is 0 Å². The van der Waals surface area contributed by atoms with Crippen LogP contribution in [0.1, 0.15) is 12.6 Å². The maximum atomic E-state index is 13.8. The Morgan fingerprint density at radius 2 is 2.33 bits per heavy atom. The quantitative estimate of drug-likeness (QED) is 0.783. The average Bonchev–Trinajstić information content (AvgIpc) is 2.67. The van der Waals surface area contributed by atoms with Crippen LogP contribution >= 0.6 is 0 Å². The van der Waals surface area contributed by atoms with E-state index in [0.29, 0.717) is 0 Å². The summed E-state index contributed by atoms with van der Waals surface area (Å²) in [5.41, 5.74) is -1.42. The zero-order chi connectivity index (χ0) is 13.3. The van der Waals surface area contributed by atoms with Crippen LogP contribution in [0.5, 0.6) is 0 Å². The zero-order valence-electron chi connectivity index (χ0n) is 9.31. The first-order chi connectivity index (χ1) is 8.49. The van der Waals surface area contributed by atoms with E-state index in [1.165, 1.54) is 0 Å². The molecule has 0 aromatic carbocycles. The number of aliphatic hydroxyl groups excluding tert-OH is 1. The van der Waals surface area contributed by atoms with Crippen molar-refractivity contribution < 1.29 is 18.6 Å². The number of aromatic nitrogens is 2. The Labute approximate surface area is 99.8 Å². The van der Waals surface area contributed by atoms with E-state index in [4.69, 9.17) is 9.84 Å². The van der Waals surface area contributed by atoms with Gasteiger partial charge in [0.05, 0.1) is 6.67 Å². The molecule has 0 spiro atoms. The molecule has 0 radical (unpaired) electrons. The fourth-order valence-electron chi connectivity index (χ4n) is 2.00. The Kier molecular flexibility index (Phi) is 3.31. The van der Waals surface area contributed by atoms with Gasteiger partial charge in [0.2, 0.25) is 5.85 Å². The second kappa shape index (κ2) is 4.62. The average molecular weight is 262 g/mol. The highest BCUT2D eigenvalue weighted by Gasteiger charge is 2.47. The minimum atomic E-state index is -2.36. The third-order valence-corrected chi connectivity index (χ3v) is 2.86. The minimum Gasteiger partial charge on any atom is -0.390 e. The summed E-state index contributed by atoms with van der Waals surface area (Å²) in [5.74, 6) is -3.26. The number of H-pyrrole nitrogens is 1. The number of nitrogens with zero attached hydrogens (tertiary/aromatic N) is 1. The summed E-state index contributed by atoms with van der Waals surface area (Å²) in [7, 11) is 0. The fraction of sp³-hybridized carbons (Fsp3) is 0.600. The largest absolute Gasteiger partial charge is 0.390 e. The first-order valence-corrected chi connectivity index (χ1v) is 5.34. The number of rotatable bonds is 3. The van der Waals surface area contributed by atoms with E-state index < -0.39 is 42.5 Å². The zero-order valence-corrected chi connectivity index (χ0v) is 9.31. The Morgan fingerprint density at radius 1 is 1.61 bits per heavy atom. The number of ether oxygens (including phenoxy) is 1. The molecule has 8 heteroatoms. The lowest BCUT2D eigenvalue weighted by atomic mass is 10.0. The van der Waals surface area contributed by atoms with Crippen LogP contribution in [0.2, 0.25) is 0 Å². The lowest BCUT2D eigenvalue weighted by Gasteiger charge is -2.19. The molecule has 1 fully saturated rings. The van der Waals surface area contributed by atoms with Crippen molar-refractivity contribution in [1.29, 1.82) is 0 Å². The van der Waals surface area contributed by atoms with E-state index in [-0.39, 0.29) is 6.42 Å². The van der Waals surface area contributed by atoms with Crippen molar-refractivity contribution in [3.63, 3.8) is 0 Å². The molecule has 3 unspecified atom stereocenters. The highest BCUT2D eigenvalue weighted by molar-refractivity contribution is 4.90. The van der Waals surface area contributed by atoms with Crippen molar-refractivity contribution in [1.82, 2.24) is 9.55 Å². The lowest BCUT2D eigenvalue weighted by Crippen LogP contribution is -2.34. The molecule has 2 rings (SSSR count). The van der Waals surface area contributed by atoms with E-state index in [2.05, 4.69) is 0 Å². The molecule has 100 valence electrons. The Morgan fingerprint density at radius 3 is 2.89 bits per heavy atom. The van der Waals surface area contributed by atoms with Crippen molar-refractivity contribution >= 4 is 0 Å². The summed E-state index contributed by atoms with van der Waals surface area (Å²) in [4.78, 5) is 24.4. The predicted molar refractivity (Wildman–Crippen MR) is 56.5 cm³/mol. The van der Waals surface area contributed by atoms with Gasteiger partial charge >= 0.3 is 5.69 Å². The van der Waals surface area contributed by atoms with Crippen molar-refractivity contribution in [3.8, 4) is 0 Å². The first kappa shape index (κ1) is 12.9. The fourth-order valence-corrected chi connectivity index (χ4v) is 2.00. The molecule has 1 saturated heterocycles. The van der Waals surface area contributed by atoms with Crippen LogP contribution in [-0.4, -0.2) is 33.8 Å². The Balaban J connectivity index is 2.37. The third kappa shape index (κ3) is 2.21. The number of hydrogen-bond donors (Lipinski definition) is 2. The van der Waals surface area contributed by atoms with Gasteiger partial charge in [-0.2, -0.15) is 0 Å². The van der Waals surface area contributed by atoms with Gasteiger partial charge in [0, 0.05) is 24.6 Å². The van der Waals surface area contributed by atoms with E-state index in [9.17, 15) is 18.4 Å². The summed E-state index contributed by atoms with van der Waals surface area (Å²) < 4.78 is 32.4. The van der Waals surface area contributed by atoms with Gasteiger partial charge in [-0.25, -0.2) is 9.18 Å². The number of alkyl halides is 2. The Hall–Kier alpha value is -1.54. The molecule has 1 aliphatic rings. The van der Waals surface area contributed by atoms with Gasteiger partial charge in [0.1, 0.15) is 12.8 Å². The van der Waals surface area contributed by atoms with Gasteiger partial charge in [-0.15, -0.1) is 0 Å². The maximum absolute atomic E-state index is 13.8. The molecule has 3 atom stereocenters. The second-order valence-corrected chi connectivity index (χ2v) is 4.19. The summed E-state index contributed by atoms with van der Waals surface area (Å²) in [5, 5.41) is 8.85. The van der Waals surface area contributed by atoms with Crippen molar-refractivity contribution in [2.45, 2.75) is 18.5 Å². The van der Waals surface area contributed by atoms with Gasteiger partial charge in [-0.1, -0.05) is 0 Å². The topological polar surface area (TPSA) is 84.3 Å². The Bertz CT molecular complexity index is 543. The van der Waals surface area contributed by atoms with Crippen LogP contribution < -0.4 is 11.2 Å². The number of aliphatic hydroxyl groups is 1. The maximum Gasteiger partial charge on any atom is 0.330 e. The molecule has 0 saturated carbocycles. The third-order valence-electron chi connectivity index (χ3n) is 2.86. The molecular weight excluding hydrogens is 250 g/mol. The summed E-state index contributed by atoms with van der Waals surface area (Å²) in [6.07, 6.45) is -0.426. The van der Waals surface area contributed by atoms with E-state index in [1.54, 1.807) is 0 Å². The summed E-state index contributed by atoms with van der Waals surface area (Å²) in [6.45, 7) is -1.82. The van der Waals surface area contributed by atoms with E-state index in [1.807, 2.05) is 4.98 Å². The van der Waals surface area contributed by atoms with Gasteiger partial charge in [-0.3, -0.25) is 18.7 Å². The van der Waals surface area contributed by atoms with Gasteiger partial charge < -0.3 is 9.84 Å². The summed E-state index contributed by atoms with van der Waals surface area (Å²) in [6, 6.07) is 1.05. The molecule has 0 amide bonds. The molecular formula is C10H12F2N2O4. The molecule has 1 aromatic rings. The van der Waals surface area contributed by atoms with E-state index in [0.717, 1.165) is 16.8 Å². The number of nitrogens with one attached hydrogen (secondary N) is 1. The second-order valence-electron chi connectivity index (χ2n) is 4.19. The number of hydrogen-bond acceptors (Lipinski definition) is 4.